The van der Waals surface area contributed by atoms with Crippen molar-refractivity contribution < 1.29 is 4.79 Å². The standard InChI is InChI=1S/C19H20ClN3O/c1-14-22-17-5-2-3-6-18(17)23(14)12-4-11-21-19(24)13-15-7-9-16(20)10-8-15/h2-3,5-10H,4,11-13H2,1H3,(H,21,24). The molecule has 0 aliphatic rings. The molecule has 0 unspecified atom stereocenters. The molecule has 124 valence electrons. The number of carbonyl (C=O) groups excluding carboxylic acids is 1. The van der Waals surface area contributed by atoms with Crippen LogP contribution in [-0.4, -0.2) is 22.0 Å². The van der Waals surface area contributed by atoms with E-state index in [0.29, 0.717) is 18.0 Å². The lowest BCUT2D eigenvalue weighted by Crippen LogP contribution is -2.26. The molecule has 0 radical (unpaired) electrons. The van der Waals surface area contributed by atoms with Crippen LogP contribution < -0.4 is 5.32 Å². The maximum Gasteiger partial charge on any atom is 0.224 e. The number of fused-ring (bicyclic) bond motifs is 1. The Morgan fingerprint density at radius 2 is 1.92 bits per heavy atom. The number of hydrogen-bond acceptors (Lipinski definition) is 2. The van der Waals surface area contributed by atoms with Gasteiger partial charge < -0.3 is 9.88 Å². The summed E-state index contributed by atoms with van der Waals surface area (Å²) >= 11 is 5.85. The van der Waals surface area contributed by atoms with E-state index in [0.717, 1.165) is 35.4 Å². The van der Waals surface area contributed by atoms with E-state index in [2.05, 4.69) is 20.9 Å². The van der Waals surface area contributed by atoms with Gasteiger partial charge in [-0.3, -0.25) is 4.79 Å². The van der Waals surface area contributed by atoms with Crippen molar-refractivity contribution in [3.8, 4) is 0 Å². The Hall–Kier alpha value is -2.33. The number of hydrogen-bond donors (Lipinski definition) is 1. The normalized spacial score (nSPS) is 10.9. The molecule has 3 rings (SSSR count). The SMILES string of the molecule is Cc1nc2ccccc2n1CCCNC(=O)Cc1ccc(Cl)cc1. The lowest BCUT2D eigenvalue weighted by Gasteiger charge is -2.08. The fraction of sp³-hybridized carbons (Fsp3) is 0.263. The molecule has 1 aromatic heterocycles. The lowest BCUT2D eigenvalue weighted by molar-refractivity contribution is -0.120. The Bertz CT molecular complexity index is 839. The average molecular weight is 342 g/mol. The Balaban J connectivity index is 1.48. The van der Waals surface area contributed by atoms with E-state index in [9.17, 15) is 4.79 Å². The minimum atomic E-state index is 0.0320. The van der Waals surface area contributed by atoms with E-state index >= 15 is 0 Å². The maximum absolute atomic E-state index is 12.0. The second-order valence-electron chi connectivity index (χ2n) is 5.81. The highest BCUT2D eigenvalue weighted by Crippen LogP contribution is 2.15. The van der Waals surface area contributed by atoms with E-state index in [4.69, 9.17) is 11.6 Å². The summed E-state index contributed by atoms with van der Waals surface area (Å²) in [7, 11) is 0. The number of nitrogens with zero attached hydrogens (tertiary/aromatic N) is 2. The summed E-state index contributed by atoms with van der Waals surface area (Å²) in [5.41, 5.74) is 3.12. The number of aromatic nitrogens is 2. The molecule has 0 spiro atoms. The van der Waals surface area contributed by atoms with Gasteiger partial charge in [0.05, 0.1) is 17.5 Å². The van der Waals surface area contributed by atoms with Crippen molar-refractivity contribution in [3.63, 3.8) is 0 Å². The van der Waals surface area contributed by atoms with Gasteiger partial charge in [-0.2, -0.15) is 0 Å². The van der Waals surface area contributed by atoms with Gasteiger partial charge in [0.2, 0.25) is 5.91 Å². The number of amides is 1. The molecule has 3 aromatic rings. The quantitative estimate of drug-likeness (QED) is 0.694. The van der Waals surface area contributed by atoms with E-state index < -0.39 is 0 Å². The third kappa shape index (κ3) is 3.95. The van der Waals surface area contributed by atoms with Crippen LogP contribution in [0.5, 0.6) is 0 Å². The summed E-state index contributed by atoms with van der Waals surface area (Å²) in [6.45, 7) is 3.51. The maximum atomic E-state index is 12.0. The molecule has 0 bridgehead atoms. The summed E-state index contributed by atoms with van der Waals surface area (Å²) in [6.07, 6.45) is 1.25. The van der Waals surface area contributed by atoms with Crippen molar-refractivity contribution in [3.05, 3.63) is 64.9 Å². The fourth-order valence-corrected chi connectivity index (χ4v) is 2.92. The van der Waals surface area contributed by atoms with Crippen molar-refractivity contribution in [2.75, 3.05) is 6.54 Å². The molecule has 0 aliphatic carbocycles. The van der Waals surface area contributed by atoms with Gasteiger partial charge >= 0.3 is 0 Å². The number of para-hydroxylation sites is 2. The van der Waals surface area contributed by atoms with Crippen molar-refractivity contribution >= 4 is 28.5 Å². The first-order valence-electron chi connectivity index (χ1n) is 8.06. The van der Waals surface area contributed by atoms with E-state index in [-0.39, 0.29) is 5.91 Å². The van der Waals surface area contributed by atoms with E-state index in [1.165, 1.54) is 0 Å². The van der Waals surface area contributed by atoms with Gasteiger partial charge in [0.1, 0.15) is 5.82 Å². The number of halogens is 1. The molecule has 4 nitrogen and oxygen atoms in total. The van der Waals surface area contributed by atoms with Crippen molar-refractivity contribution in [2.24, 2.45) is 0 Å². The van der Waals surface area contributed by atoms with Gasteiger partial charge in [-0.05, 0) is 43.2 Å². The topological polar surface area (TPSA) is 46.9 Å². The van der Waals surface area contributed by atoms with Crippen LogP contribution in [-0.2, 0) is 17.8 Å². The predicted octanol–water partition coefficient (Wildman–Crippen LogP) is 3.75. The number of benzene rings is 2. The molecule has 0 saturated heterocycles. The van der Waals surface area contributed by atoms with Crippen LogP contribution in [0.2, 0.25) is 5.02 Å². The molecule has 24 heavy (non-hydrogen) atoms. The summed E-state index contributed by atoms with van der Waals surface area (Å²) in [5, 5.41) is 3.65. The molecule has 1 N–H and O–H groups in total. The second kappa shape index (κ2) is 7.49. The molecule has 1 heterocycles. The highest BCUT2D eigenvalue weighted by atomic mass is 35.5. The minimum Gasteiger partial charge on any atom is -0.356 e. The van der Waals surface area contributed by atoms with Crippen LogP contribution in [0, 0.1) is 6.92 Å². The Labute approximate surface area is 146 Å². The number of nitrogens with one attached hydrogen (secondary N) is 1. The van der Waals surface area contributed by atoms with Gasteiger partial charge in [0.15, 0.2) is 0 Å². The zero-order valence-corrected chi connectivity index (χ0v) is 14.4. The van der Waals surface area contributed by atoms with Gasteiger partial charge in [0.25, 0.3) is 0 Å². The van der Waals surface area contributed by atoms with Crippen molar-refractivity contribution in [2.45, 2.75) is 26.3 Å². The first-order chi connectivity index (χ1) is 11.6. The Morgan fingerprint density at radius 1 is 1.17 bits per heavy atom. The minimum absolute atomic E-state index is 0.0320. The van der Waals surface area contributed by atoms with Gasteiger partial charge in [0, 0.05) is 18.1 Å². The van der Waals surface area contributed by atoms with Crippen LogP contribution in [0.1, 0.15) is 17.8 Å². The second-order valence-corrected chi connectivity index (χ2v) is 6.24. The lowest BCUT2D eigenvalue weighted by atomic mass is 10.1. The van der Waals surface area contributed by atoms with Crippen LogP contribution in [0.4, 0.5) is 0 Å². The zero-order valence-electron chi connectivity index (χ0n) is 13.6. The third-order valence-electron chi connectivity index (χ3n) is 4.00. The summed E-state index contributed by atoms with van der Waals surface area (Å²) in [4.78, 5) is 16.5. The predicted molar refractivity (Wildman–Crippen MR) is 97.3 cm³/mol. The molecular formula is C19H20ClN3O. The molecule has 0 fully saturated rings. The van der Waals surface area contributed by atoms with Crippen molar-refractivity contribution in [1.29, 1.82) is 0 Å². The average Bonchev–Trinajstić information content (AvgIpc) is 2.89. The summed E-state index contributed by atoms with van der Waals surface area (Å²) in [6, 6.07) is 15.5. The third-order valence-corrected chi connectivity index (χ3v) is 4.26. The molecular weight excluding hydrogens is 322 g/mol. The monoisotopic (exact) mass is 341 g/mol. The zero-order chi connectivity index (χ0) is 16.9. The Morgan fingerprint density at radius 3 is 2.71 bits per heavy atom. The smallest absolute Gasteiger partial charge is 0.224 e. The van der Waals surface area contributed by atoms with Gasteiger partial charge in [-0.1, -0.05) is 35.9 Å². The van der Waals surface area contributed by atoms with E-state index in [1.807, 2.05) is 37.3 Å². The van der Waals surface area contributed by atoms with Crippen molar-refractivity contribution in [1.82, 2.24) is 14.9 Å². The fourth-order valence-electron chi connectivity index (χ4n) is 2.79. The number of aryl methyl sites for hydroxylation is 2. The van der Waals surface area contributed by atoms with Crippen LogP contribution in [0.15, 0.2) is 48.5 Å². The molecule has 0 atom stereocenters. The highest BCUT2D eigenvalue weighted by molar-refractivity contribution is 6.30. The first kappa shape index (κ1) is 16.5. The van der Waals surface area contributed by atoms with Crippen LogP contribution in [0.25, 0.3) is 11.0 Å². The van der Waals surface area contributed by atoms with Gasteiger partial charge in [-0.15, -0.1) is 0 Å². The molecule has 5 heteroatoms. The number of rotatable bonds is 6. The van der Waals surface area contributed by atoms with Gasteiger partial charge in [-0.25, -0.2) is 4.98 Å². The molecule has 0 saturated carbocycles. The van der Waals surface area contributed by atoms with Crippen LogP contribution >= 0.6 is 11.6 Å². The number of carbonyl (C=O) groups is 1. The Kier molecular flexibility index (Phi) is 5.16. The highest BCUT2D eigenvalue weighted by Gasteiger charge is 2.07. The first-order valence-corrected chi connectivity index (χ1v) is 8.44. The largest absolute Gasteiger partial charge is 0.356 e. The number of imidazole rings is 1. The molecule has 0 aliphatic heterocycles. The molecule has 1 amide bonds. The summed E-state index contributed by atoms with van der Waals surface area (Å²) < 4.78 is 2.20. The van der Waals surface area contributed by atoms with Crippen LogP contribution in [0.3, 0.4) is 0 Å². The van der Waals surface area contributed by atoms with E-state index in [1.54, 1.807) is 12.1 Å². The summed E-state index contributed by atoms with van der Waals surface area (Å²) in [5.74, 6) is 1.04. The molecule has 2 aromatic carbocycles.